The fraction of sp³-hybridized carbons (Fsp3) is 0. The number of thiazole rings is 1. The molecule has 8 heteroatoms. The third-order valence-corrected chi connectivity index (χ3v) is 6.24. The maximum Gasteiger partial charge on any atom is 0.261 e. The lowest BCUT2D eigenvalue weighted by Crippen LogP contribution is -2.12. The van der Waals surface area contributed by atoms with Crippen molar-refractivity contribution >= 4 is 27.0 Å². The SMILES string of the molecule is O=S(=O)(Nc1cccc(-c2csc(-c3cccnc3)n2)c1)c1ccc(F)cc1. The molecule has 1 N–H and O–H groups in total. The van der Waals surface area contributed by atoms with E-state index in [1.54, 1.807) is 30.6 Å². The van der Waals surface area contributed by atoms with Gasteiger partial charge in [0.05, 0.1) is 10.6 Å². The summed E-state index contributed by atoms with van der Waals surface area (Å²) in [4.78, 5) is 8.71. The standard InChI is InChI=1S/C20H14FN3O2S2/c21-16-6-8-18(9-7-16)28(25,26)24-17-5-1-3-14(11-17)19-13-27-20(23-19)15-4-2-10-22-12-15/h1-13,24H. The maximum atomic E-state index is 13.0. The molecular weight excluding hydrogens is 397 g/mol. The monoisotopic (exact) mass is 411 g/mol. The summed E-state index contributed by atoms with van der Waals surface area (Å²) in [6, 6.07) is 15.4. The van der Waals surface area contributed by atoms with E-state index < -0.39 is 15.8 Å². The largest absolute Gasteiger partial charge is 0.280 e. The number of rotatable bonds is 5. The molecule has 0 bridgehead atoms. The van der Waals surface area contributed by atoms with Gasteiger partial charge in [-0.15, -0.1) is 11.3 Å². The van der Waals surface area contributed by atoms with Crippen LogP contribution in [0.25, 0.3) is 21.8 Å². The maximum absolute atomic E-state index is 13.0. The average molecular weight is 411 g/mol. The Balaban J connectivity index is 1.60. The Hall–Kier alpha value is -3.10. The summed E-state index contributed by atoms with van der Waals surface area (Å²) >= 11 is 1.49. The van der Waals surface area contributed by atoms with Gasteiger partial charge in [0, 0.05) is 34.6 Å². The molecule has 0 radical (unpaired) electrons. The second-order valence-electron chi connectivity index (χ2n) is 5.92. The Morgan fingerprint density at radius 3 is 2.50 bits per heavy atom. The third-order valence-electron chi connectivity index (χ3n) is 3.95. The van der Waals surface area contributed by atoms with E-state index in [1.165, 1.54) is 23.5 Å². The van der Waals surface area contributed by atoms with Crippen molar-refractivity contribution in [1.82, 2.24) is 9.97 Å². The number of sulfonamides is 1. The number of benzene rings is 2. The van der Waals surface area contributed by atoms with Crippen LogP contribution in [0.4, 0.5) is 10.1 Å². The third kappa shape index (κ3) is 3.92. The Morgan fingerprint density at radius 1 is 0.964 bits per heavy atom. The lowest BCUT2D eigenvalue weighted by molar-refractivity contribution is 0.599. The smallest absolute Gasteiger partial charge is 0.261 e. The molecule has 5 nitrogen and oxygen atoms in total. The molecule has 28 heavy (non-hydrogen) atoms. The number of nitrogens with zero attached hydrogens (tertiary/aromatic N) is 2. The van der Waals surface area contributed by atoms with Gasteiger partial charge in [0.1, 0.15) is 10.8 Å². The van der Waals surface area contributed by atoms with Crippen LogP contribution in [0, 0.1) is 5.82 Å². The van der Waals surface area contributed by atoms with Crippen LogP contribution in [0.3, 0.4) is 0 Å². The second-order valence-corrected chi connectivity index (χ2v) is 8.46. The minimum atomic E-state index is -3.81. The molecule has 0 aliphatic rings. The topological polar surface area (TPSA) is 72.0 Å². The summed E-state index contributed by atoms with van der Waals surface area (Å²) in [6.45, 7) is 0. The first kappa shape index (κ1) is 18.3. The Kier molecular flexibility index (Phi) is 4.89. The van der Waals surface area contributed by atoms with E-state index >= 15 is 0 Å². The summed E-state index contributed by atoms with van der Waals surface area (Å²) in [5.74, 6) is -0.492. The zero-order valence-electron chi connectivity index (χ0n) is 14.4. The number of aromatic nitrogens is 2. The number of nitrogens with one attached hydrogen (secondary N) is 1. The fourth-order valence-corrected chi connectivity index (χ4v) is 4.47. The molecule has 0 aliphatic carbocycles. The highest BCUT2D eigenvalue weighted by atomic mass is 32.2. The molecule has 2 aromatic heterocycles. The van der Waals surface area contributed by atoms with Gasteiger partial charge < -0.3 is 0 Å². The van der Waals surface area contributed by atoms with Gasteiger partial charge in [0.25, 0.3) is 10.0 Å². The van der Waals surface area contributed by atoms with Gasteiger partial charge in [-0.05, 0) is 48.5 Å². The van der Waals surface area contributed by atoms with E-state index in [4.69, 9.17) is 0 Å². The highest BCUT2D eigenvalue weighted by molar-refractivity contribution is 7.92. The minimum Gasteiger partial charge on any atom is -0.280 e. The lowest BCUT2D eigenvalue weighted by atomic mass is 10.1. The molecule has 4 rings (SSSR count). The minimum absolute atomic E-state index is 0.00757. The fourth-order valence-electron chi connectivity index (χ4n) is 2.60. The van der Waals surface area contributed by atoms with E-state index in [-0.39, 0.29) is 4.90 Å². The molecule has 0 aliphatic heterocycles. The highest BCUT2D eigenvalue weighted by Crippen LogP contribution is 2.30. The van der Waals surface area contributed by atoms with Crippen molar-refractivity contribution in [2.24, 2.45) is 0 Å². The van der Waals surface area contributed by atoms with Crippen LogP contribution in [-0.4, -0.2) is 18.4 Å². The summed E-state index contributed by atoms with van der Waals surface area (Å²) < 4.78 is 40.6. The predicted octanol–water partition coefficient (Wildman–Crippen LogP) is 4.81. The van der Waals surface area contributed by atoms with E-state index in [0.717, 1.165) is 34.0 Å². The molecule has 0 fully saturated rings. The van der Waals surface area contributed by atoms with Gasteiger partial charge in [-0.25, -0.2) is 17.8 Å². The van der Waals surface area contributed by atoms with Gasteiger partial charge in [-0.2, -0.15) is 0 Å². The number of anilines is 1. The van der Waals surface area contributed by atoms with Crippen LogP contribution in [-0.2, 0) is 10.0 Å². The van der Waals surface area contributed by atoms with Gasteiger partial charge in [0.15, 0.2) is 0 Å². The molecule has 0 unspecified atom stereocenters. The quantitative estimate of drug-likeness (QED) is 0.511. The van der Waals surface area contributed by atoms with Crippen molar-refractivity contribution in [1.29, 1.82) is 0 Å². The van der Waals surface area contributed by atoms with Crippen molar-refractivity contribution in [2.45, 2.75) is 4.90 Å². The molecule has 2 heterocycles. The Morgan fingerprint density at radius 2 is 1.75 bits per heavy atom. The van der Waals surface area contributed by atoms with Crippen LogP contribution in [0.15, 0.2) is 83.3 Å². The van der Waals surface area contributed by atoms with E-state index in [1.807, 2.05) is 23.6 Å². The molecule has 2 aromatic carbocycles. The zero-order chi connectivity index (χ0) is 19.6. The number of pyridine rings is 1. The van der Waals surface area contributed by atoms with E-state index in [9.17, 15) is 12.8 Å². The highest BCUT2D eigenvalue weighted by Gasteiger charge is 2.15. The Bertz CT molecular complexity index is 1210. The van der Waals surface area contributed by atoms with Crippen LogP contribution in [0.5, 0.6) is 0 Å². The molecule has 0 saturated heterocycles. The van der Waals surface area contributed by atoms with Crippen molar-refractivity contribution in [3.05, 3.63) is 84.3 Å². The van der Waals surface area contributed by atoms with Crippen molar-refractivity contribution in [2.75, 3.05) is 4.72 Å². The molecule has 0 spiro atoms. The average Bonchev–Trinajstić information content (AvgIpc) is 3.19. The predicted molar refractivity (Wildman–Crippen MR) is 108 cm³/mol. The first-order valence-electron chi connectivity index (χ1n) is 8.26. The molecule has 140 valence electrons. The molecule has 0 amide bonds. The van der Waals surface area contributed by atoms with Gasteiger partial charge >= 0.3 is 0 Å². The van der Waals surface area contributed by atoms with Gasteiger partial charge in [0.2, 0.25) is 0 Å². The lowest BCUT2D eigenvalue weighted by Gasteiger charge is -2.09. The van der Waals surface area contributed by atoms with Crippen LogP contribution < -0.4 is 4.72 Å². The van der Waals surface area contributed by atoms with E-state index in [2.05, 4.69) is 14.7 Å². The molecular formula is C20H14FN3O2S2. The van der Waals surface area contributed by atoms with Gasteiger partial charge in [-0.3, -0.25) is 9.71 Å². The second kappa shape index (κ2) is 7.49. The first-order chi connectivity index (χ1) is 13.5. The molecule has 0 saturated carbocycles. The van der Waals surface area contributed by atoms with Crippen LogP contribution in [0.1, 0.15) is 0 Å². The Labute approximate surface area is 165 Å². The first-order valence-corrected chi connectivity index (χ1v) is 10.6. The van der Waals surface area contributed by atoms with E-state index in [0.29, 0.717) is 5.69 Å². The van der Waals surface area contributed by atoms with Crippen LogP contribution in [0.2, 0.25) is 0 Å². The molecule has 0 atom stereocenters. The zero-order valence-corrected chi connectivity index (χ0v) is 16.0. The number of hydrogen-bond acceptors (Lipinski definition) is 5. The number of hydrogen-bond donors (Lipinski definition) is 1. The molecule has 4 aromatic rings. The number of halogens is 1. The van der Waals surface area contributed by atoms with Gasteiger partial charge in [-0.1, -0.05) is 12.1 Å². The summed E-state index contributed by atoms with van der Waals surface area (Å²) in [5.41, 5.74) is 2.85. The van der Waals surface area contributed by atoms with Crippen molar-refractivity contribution in [3.63, 3.8) is 0 Å². The summed E-state index contributed by atoms with van der Waals surface area (Å²) in [5, 5.41) is 2.75. The summed E-state index contributed by atoms with van der Waals surface area (Å²) in [6.07, 6.45) is 3.45. The van der Waals surface area contributed by atoms with Crippen molar-refractivity contribution in [3.8, 4) is 21.8 Å². The van der Waals surface area contributed by atoms with Crippen molar-refractivity contribution < 1.29 is 12.8 Å². The normalized spacial score (nSPS) is 11.3. The van der Waals surface area contributed by atoms with Crippen LogP contribution >= 0.6 is 11.3 Å². The summed E-state index contributed by atoms with van der Waals surface area (Å²) in [7, 11) is -3.81.